The second-order valence-corrected chi connectivity index (χ2v) is 12.4. The molecule has 0 spiro atoms. The van der Waals surface area contributed by atoms with Gasteiger partial charge in [0.2, 0.25) is 10.0 Å². The summed E-state index contributed by atoms with van der Waals surface area (Å²) in [6.07, 6.45) is 1.76. The van der Waals surface area contributed by atoms with Gasteiger partial charge in [0, 0.05) is 30.9 Å². The van der Waals surface area contributed by atoms with Crippen LogP contribution < -0.4 is 9.64 Å². The Labute approximate surface area is 226 Å². The molecular formula is C27H31N5O4S2. The summed E-state index contributed by atoms with van der Waals surface area (Å²) >= 11 is 1.42. The highest BCUT2D eigenvalue weighted by atomic mass is 32.2. The van der Waals surface area contributed by atoms with Crippen molar-refractivity contribution in [3.63, 3.8) is 0 Å². The Balaban J connectivity index is 1.47. The summed E-state index contributed by atoms with van der Waals surface area (Å²) in [5.74, 6) is 0.413. The molecule has 2 aromatic heterocycles. The molecule has 0 N–H and O–H groups in total. The first-order valence-electron chi connectivity index (χ1n) is 12.6. The number of carbonyl (C=O) groups is 1. The third kappa shape index (κ3) is 5.18. The molecule has 11 heteroatoms. The average molecular weight is 554 g/mol. The molecule has 0 unspecified atom stereocenters. The van der Waals surface area contributed by atoms with Crippen molar-refractivity contribution in [2.45, 2.75) is 51.1 Å². The van der Waals surface area contributed by atoms with Crippen LogP contribution in [0, 0.1) is 13.8 Å². The Kier molecular flexibility index (Phi) is 7.26. The van der Waals surface area contributed by atoms with Gasteiger partial charge in [0.1, 0.15) is 11.3 Å². The second-order valence-electron chi connectivity index (χ2n) is 9.42. The quantitative estimate of drug-likeness (QED) is 0.284. The van der Waals surface area contributed by atoms with E-state index >= 15 is 0 Å². The fraction of sp³-hybridized carbons (Fsp3) is 0.370. The molecule has 9 nitrogen and oxygen atoms in total. The zero-order valence-electron chi connectivity index (χ0n) is 21.9. The summed E-state index contributed by atoms with van der Waals surface area (Å²) in [7, 11) is -1.99. The number of nitrogens with zero attached hydrogens (tertiary/aromatic N) is 5. The largest absolute Gasteiger partial charge is 0.492 e. The maximum atomic E-state index is 13.8. The van der Waals surface area contributed by atoms with Crippen LogP contribution in [0.1, 0.15) is 41.5 Å². The number of rotatable bonds is 10. The van der Waals surface area contributed by atoms with Gasteiger partial charge >= 0.3 is 0 Å². The molecule has 1 aliphatic rings. The third-order valence-electron chi connectivity index (χ3n) is 6.62. The number of anilines is 1. The molecule has 4 aromatic rings. The monoisotopic (exact) mass is 553 g/mol. The Morgan fingerprint density at radius 3 is 2.53 bits per heavy atom. The van der Waals surface area contributed by atoms with Crippen molar-refractivity contribution < 1.29 is 17.9 Å². The number of thiazole rings is 1. The number of aryl methyl sites for hydroxylation is 2. The van der Waals surface area contributed by atoms with Gasteiger partial charge in [-0.1, -0.05) is 17.4 Å². The maximum Gasteiger partial charge on any atom is 0.260 e. The lowest BCUT2D eigenvalue weighted by molar-refractivity contribution is 0.0985. The van der Waals surface area contributed by atoms with Crippen LogP contribution >= 0.6 is 11.3 Å². The highest BCUT2D eigenvalue weighted by Gasteiger charge is 2.35. The van der Waals surface area contributed by atoms with Crippen LogP contribution in [0.15, 0.2) is 53.4 Å². The number of amides is 1. The van der Waals surface area contributed by atoms with Gasteiger partial charge < -0.3 is 4.74 Å². The van der Waals surface area contributed by atoms with Crippen LogP contribution in [0.4, 0.5) is 5.13 Å². The highest BCUT2D eigenvalue weighted by molar-refractivity contribution is 7.89. The van der Waals surface area contributed by atoms with E-state index in [-0.39, 0.29) is 16.8 Å². The summed E-state index contributed by atoms with van der Waals surface area (Å²) in [5.41, 5.74) is 3.01. The molecular weight excluding hydrogens is 522 g/mol. The Hall–Kier alpha value is -3.28. The molecule has 2 heterocycles. The first-order chi connectivity index (χ1) is 18.2. The standard InChI is InChI=1S/C27H31N5O4S2/c1-5-36-23-7-6-8-24-25(23)28-27(37-24)31(15-16-32-19(3)17-18(2)29-32)26(33)20-9-13-22(14-10-20)38(34,35)30(4)21-11-12-21/h6-10,13-14,17,21H,5,11-12,15-16H2,1-4H3. The number of ether oxygens (including phenoxy) is 1. The summed E-state index contributed by atoms with van der Waals surface area (Å²) in [6.45, 7) is 7.18. The molecule has 38 heavy (non-hydrogen) atoms. The molecule has 1 fully saturated rings. The van der Waals surface area contributed by atoms with E-state index in [0.717, 1.165) is 28.9 Å². The van der Waals surface area contributed by atoms with Crippen molar-refractivity contribution in [2.75, 3.05) is 25.1 Å². The number of hydrogen-bond acceptors (Lipinski definition) is 7. The van der Waals surface area contributed by atoms with Gasteiger partial charge in [-0.05, 0) is 76.1 Å². The van der Waals surface area contributed by atoms with Gasteiger partial charge in [0.05, 0.1) is 28.4 Å². The third-order valence-corrected chi connectivity index (χ3v) is 9.59. The zero-order chi connectivity index (χ0) is 27.0. The number of hydrogen-bond donors (Lipinski definition) is 0. The van der Waals surface area contributed by atoms with Gasteiger partial charge in [-0.2, -0.15) is 9.40 Å². The lowest BCUT2D eigenvalue weighted by atomic mass is 10.2. The molecule has 1 aliphatic carbocycles. The molecule has 1 amide bonds. The number of aromatic nitrogens is 3. The molecule has 1 saturated carbocycles. The summed E-state index contributed by atoms with van der Waals surface area (Å²) in [4.78, 5) is 20.4. The van der Waals surface area contributed by atoms with E-state index < -0.39 is 10.0 Å². The van der Waals surface area contributed by atoms with Crippen LogP contribution in [-0.4, -0.2) is 59.6 Å². The van der Waals surface area contributed by atoms with Crippen molar-refractivity contribution >= 4 is 42.6 Å². The predicted octanol–water partition coefficient (Wildman–Crippen LogP) is 4.64. The molecule has 2 aromatic carbocycles. The maximum absolute atomic E-state index is 13.8. The van der Waals surface area contributed by atoms with Gasteiger partial charge in [-0.25, -0.2) is 13.4 Å². The lowest BCUT2D eigenvalue weighted by Gasteiger charge is -2.21. The van der Waals surface area contributed by atoms with E-state index in [0.29, 0.717) is 41.7 Å². The molecule has 200 valence electrons. The van der Waals surface area contributed by atoms with Crippen molar-refractivity contribution in [1.29, 1.82) is 0 Å². The normalized spacial score (nSPS) is 13.8. The van der Waals surface area contributed by atoms with Crippen LogP contribution in [0.2, 0.25) is 0 Å². The van der Waals surface area contributed by atoms with Gasteiger partial charge in [0.25, 0.3) is 5.91 Å². The average Bonchev–Trinajstić information content (AvgIpc) is 3.57. The number of para-hydroxylation sites is 1. The van der Waals surface area contributed by atoms with Crippen molar-refractivity contribution in [1.82, 2.24) is 19.1 Å². The van der Waals surface area contributed by atoms with E-state index in [9.17, 15) is 13.2 Å². The fourth-order valence-corrected chi connectivity index (χ4v) is 6.83. The summed E-state index contributed by atoms with van der Waals surface area (Å²) in [6, 6.07) is 14.0. The van der Waals surface area contributed by atoms with Crippen LogP contribution in [0.5, 0.6) is 5.75 Å². The highest BCUT2D eigenvalue weighted by Crippen LogP contribution is 2.35. The molecule has 0 aliphatic heterocycles. The molecule has 0 saturated heterocycles. The minimum atomic E-state index is -3.59. The Morgan fingerprint density at radius 1 is 1.16 bits per heavy atom. The van der Waals surface area contributed by atoms with Gasteiger partial charge in [0.15, 0.2) is 5.13 Å². The first-order valence-corrected chi connectivity index (χ1v) is 14.9. The second kappa shape index (κ2) is 10.5. The number of fused-ring (bicyclic) bond motifs is 1. The van der Waals surface area contributed by atoms with Crippen LogP contribution in [0.3, 0.4) is 0 Å². The Bertz CT molecular complexity index is 1570. The van der Waals surface area contributed by atoms with Crippen molar-refractivity contribution in [3.05, 3.63) is 65.5 Å². The number of benzene rings is 2. The first kappa shape index (κ1) is 26.3. The van der Waals surface area contributed by atoms with Gasteiger partial charge in [-0.3, -0.25) is 14.4 Å². The van der Waals surface area contributed by atoms with Crippen LogP contribution in [0.25, 0.3) is 10.2 Å². The smallest absolute Gasteiger partial charge is 0.260 e. The van der Waals surface area contributed by atoms with Crippen molar-refractivity contribution in [2.24, 2.45) is 0 Å². The molecule has 5 rings (SSSR count). The van der Waals surface area contributed by atoms with E-state index in [1.54, 1.807) is 24.1 Å². The molecule has 0 bridgehead atoms. The van der Waals surface area contributed by atoms with E-state index in [2.05, 4.69) is 5.10 Å². The van der Waals surface area contributed by atoms with E-state index in [1.807, 2.05) is 49.7 Å². The van der Waals surface area contributed by atoms with Crippen molar-refractivity contribution in [3.8, 4) is 5.75 Å². The van der Waals surface area contributed by atoms with Crippen LogP contribution in [-0.2, 0) is 16.6 Å². The number of carbonyl (C=O) groups excluding carboxylic acids is 1. The molecule has 0 atom stereocenters. The minimum absolute atomic E-state index is 0.0619. The predicted molar refractivity (Wildman–Crippen MR) is 149 cm³/mol. The zero-order valence-corrected chi connectivity index (χ0v) is 23.6. The topological polar surface area (TPSA) is 97.6 Å². The van der Waals surface area contributed by atoms with E-state index in [4.69, 9.17) is 9.72 Å². The summed E-state index contributed by atoms with van der Waals surface area (Å²) in [5, 5.41) is 5.08. The SMILES string of the molecule is CCOc1cccc2sc(N(CCn3nc(C)cc3C)C(=O)c3ccc(S(=O)(=O)N(C)C4CC4)cc3)nc12. The Morgan fingerprint density at radius 2 is 1.89 bits per heavy atom. The molecule has 0 radical (unpaired) electrons. The van der Waals surface area contributed by atoms with Gasteiger partial charge in [-0.15, -0.1) is 0 Å². The summed E-state index contributed by atoms with van der Waals surface area (Å²) < 4.78 is 35.8. The van der Waals surface area contributed by atoms with E-state index in [1.165, 1.54) is 27.8 Å². The fourth-order valence-electron chi connectivity index (χ4n) is 4.41. The minimum Gasteiger partial charge on any atom is -0.492 e. The lowest BCUT2D eigenvalue weighted by Crippen LogP contribution is -2.34. The number of sulfonamides is 1.